The van der Waals surface area contributed by atoms with Gasteiger partial charge in [0, 0.05) is 9.89 Å². The Morgan fingerprint density at radius 2 is 2.16 bits per heavy atom. The fourth-order valence-corrected chi connectivity index (χ4v) is 2.25. The fraction of sp³-hybridized carbons (Fsp3) is 0.385. The number of nitrogens with zero attached hydrogens (tertiary/aromatic N) is 1. The summed E-state index contributed by atoms with van der Waals surface area (Å²) < 4.78 is 6.15. The lowest BCUT2D eigenvalue weighted by Crippen LogP contribution is -2.27. The van der Waals surface area contributed by atoms with Crippen LogP contribution in [0.3, 0.4) is 0 Å². The van der Waals surface area contributed by atoms with Gasteiger partial charge < -0.3 is 15.5 Å². The van der Waals surface area contributed by atoms with Gasteiger partial charge in [0.05, 0.1) is 11.0 Å². The Bertz CT molecular complexity index is 616. The quantitative estimate of drug-likeness (QED) is 0.886. The predicted octanol–water partition coefficient (Wildman–Crippen LogP) is 3.51. The molecule has 2 aromatic rings. The number of ether oxygens (including phenoxy) is 1. The minimum atomic E-state index is -0.804. The van der Waals surface area contributed by atoms with Crippen LogP contribution in [-0.2, 0) is 4.74 Å². The fourth-order valence-electron chi connectivity index (χ4n) is 1.88. The maximum Gasteiger partial charge on any atom is 0.405 e. The minimum absolute atomic E-state index is 0.305. The number of primary amides is 1. The molecule has 1 atom stereocenters. The van der Waals surface area contributed by atoms with Gasteiger partial charge in [-0.3, -0.25) is 0 Å². The van der Waals surface area contributed by atoms with E-state index in [1.54, 1.807) is 0 Å². The van der Waals surface area contributed by atoms with Crippen LogP contribution in [0.25, 0.3) is 11.0 Å². The largest absolute Gasteiger partial charge is 0.438 e. The third-order valence-corrected chi connectivity index (χ3v) is 3.22. The van der Waals surface area contributed by atoms with Crippen molar-refractivity contribution in [2.75, 3.05) is 0 Å². The smallest absolute Gasteiger partial charge is 0.405 e. The summed E-state index contributed by atoms with van der Waals surface area (Å²) in [5.74, 6) is 0.597. The molecule has 102 valence electrons. The van der Waals surface area contributed by atoms with E-state index in [9.17, 15) is 4.79 Å². The lowest BCUT2D eigenvalue weighted by molar-refractivity contribution is 0.0308. The number of aromatic amines is 1. The van der Waals surface area contributed by atoms with E-state index in [1.165, 1.54) is 0 Å². The molecule has 5 nitrogen and oxygen atoms in total. The topological polar surface area (TPSA) is 81.0 Å². The number of carbonyl (C=O) groups is 1. The van der Waals surface area contributed by atoms with Crippen molar-refractivity contribution in [2.24, 2.45) is 11.1 Å². The van der Waals surface area contributed by atoms with Gasteiger partial charge in [-0.15, -0.1) is 0 Å². The summed E-state index contributed by atoms with van der Waals surface area (Å²) in [6, 6.07) is 5.73. The second-order valence-electron chi connectivity index (χ2n) is 5.47. The summed E-state index contributed by atoms with van der Waals surface area (Å²) in [5, 5.41) is 0. The molecule has 0 aliphatic rings. The van der Waals surface area contributed by atoms with Gasteiger partial charge in [0.1, 0.15) is 5.82 Å². The molecule has 2 rings (SSSR count). The monoisotopic (exact) mass is 325 g/mol. The van der Waals surface area contributed by atoms with E-state index in [2.05, 4.69) is 25.9 Å². The maximum atomic E-state index is 11.0. The first-order chi connectivity index (χ1) is 8.77. The van der Waals surface area contributed by atoms with E-state index < -0.39 is 12.2 Å². The maximum absolute atomic E-state index is 11.0. The minimum Gasteiger partial charge on any atom is -0.438 e. The van der Waals surface area contributed by atoms with Crippen LogP contribution >= 0.6 is 15.9 Å². The number of amides is 1. The van der Waals surface area contributed by atoms with E-state index in [-0.39, 0.29) is 5.41 Å². The standard InChI is InChI=1S/C13H16BrN3O2/c1-13(2,3)10(19-12(15)18)11-16-8-5-4-7(14)6-9(8)17-11/h4-6,10H,1-3H3,(H2,15,18)(H,16,17). The van der Waals surface area contributed by atoms with Gasteiger partial charge in [0.2, 0.25) is 0 Å². The SMILES string of the molecule is CC(C)(C)C(OC(N)=O)c1nc2ccc(Br)cc2[nH]1. The number of fused-ring (bicyclic) bond motifs is 1. The van der Waals surface area contributed by atoms with E-state index >= 15 is 0 Å². The molecule has 6 heteroatoms. The summed E-state index contributed by atoms with van der Waals surface area (Å²) in [5.41, 5.74) is 6.53. The van der Waals surface area contributed by atoms with Crippen LogP contribution in [0.5, 0.6) is 0 Å². The molecule has 0 fully saturated rings. The lowest BCUT2D eigenvalue weighted by Gasteiger charge is -2.27. The Labute approximate surface area is 119 Å². The van der Waals surface area contributed by atoms with Gasteiger partial charge in [-0.1, -0.05) is 36.7 Å². The third-order valence-electron chi connectivity index (χ3n) is 2.73. The van der Waals surface area contributed by atoms with Gasteiger partial charge in [-0.2, -0.15) is 0 Å². The highest BCUT2D eigenvalue weighted by atomic mass is 79.9. The van der Waals surface area contributed by atoms with Crippen LogP contribution in [-0.4, -0.2) is 16.1 Å². The van der Waals surface area contributed by atoms with Crippen molar-refractivity contribution in [1.29, 1.82) is 0 Å². The van der Waals surface area contributed by atoms with Crippen LogP contribution < -0.4 is 5.73 Å². The van der Waals surface area contributed by atoms with Gasteiger partial charge in [-0.05, 0) is 18.2 Å². The Morgan fingerprint density at radius 3 is 2.74 bits per heavy atom. The second-order valence-corrected chi connectivity index (χ2v) is 6.38. The number of nitrogens with one attached hydrogen (secondary N) is 1. The number of carbonyl (C=O) groups excluding carboxylic acids is 1. The Hall–Kier alpha value is -1.56. The van der Waals surface area contributed by atoms with Gasteiger partial charge in [0.25, 0.3) is 0 Å². The molecule has 1 amide bonds. The number of hydrogen-bond donors (Lipinski definition) is 2. The van der Waals surface area contributed by atoms with Gasteiger partial charge in [0.15, 0.2) is 6.10 Å². The molecule has 19 heavy (non-hydrogen) atoms. The molecular formula is C13H16BrN3O2. The van der Waals surface area contributed by atoms with Crippen LogP contribution in [0, 0.1) is 5.41 Å². The highest BCUT2D eigenvalue weighted by molar-refractivity contribution is 9.10. The first kappa shape index (κ1) is 13.9. The number of hydrogen-bond acceptors (Lipinski definition) is 3. The number of nitrogens with two attached hydrogens (primary N) is 1. The summed E-state index contributed by atoms with van der Waals surface area (Å²) in [6.45, 7) is 5.89. The average Bonchev–Trinajstić information content (AvgIpc) is 2.66. The van der Waals surface area contributed by atoms with Crippen LogP contribution in [0.4, 0.5) is 4.79 Å². The summed E-state index contributed by atoms with van der Waals surface area (Å²) in [4.78, 5) is 18.7. The van der Waals surface area contributed by atoms with Crippen molar-refractivity contribution in [3.63, 3.8) is 0 Å². The van der Waals surface area contributed by atoms with E-state index in [1.807, 2.05) is 39.0 Å². The van der Waals surface area contributed by atoms with Crippen LogP contribution in [0.1, 0.15) is 32.7 Å². The normalized spacial score (nSPS) is 13.5. The molecule has 0 aliphatic heterocycles. The molecule has 1 heterocycles. The molecule has 0 aliphatic carbocycles. The van der Waals surface area contributed by atoms with Crippen molar-refractivity contribution < 1.29 is 9.53 Å². The Morgan fingerprint density at radius 1 is 1.47 bits per heavy atom. The zero-order chi connectivity index (χ0) is 14.2. The van der Waals surface area contributed by atoms with Crippen LogP contribution in [0.15, 0.2) is 22.7 Å². The molecule has 1 unspecified atom stereocenters. The predicted molar refractivity (Wildman–Crippen MR) is 76.7 cm³/mol. The number of halogens is 1. The highest BCUT2D eigenvalue weighted by Crippen LogP contribution is 2.35. The first-order valence-corrected chi connectivity index (χ1v) is 6.68. The number of rotatable bonds is 2. The number of aromatic nitrogens is 2. The summed E-state index contributed by atoms with van der Waals surface area (Å²) >= 11 is 3.41. The van der Waals surface area contributed by atoms with E-state index in [0.717, 1.165) is 15.5 Å². The van der Waals surface area contributed by atoms with E-state index in [0.29, 0.717) is 5.82 Å². The van der Waals surface area contributed by atoms with Gasteiger partial charge in [-0.25, -0.2) is 9.78 Å². The van der Waals surface area contributed by atoms with Crippen molar-refractivity contribution in [3.05, 3.63) is 28.5 Å². The summed E-state index contributed by atoms with van der Waals surface area (Å²) in [6.07, 6.45) is -1.32. The highest BCUT2D eigenvalue weighted by Gasteiger charge is 2.32. The molecular weight excluding hydrogens is 310 g/mol. The van der Waals surface area contributed by atoms with Crippen molar-refractivity contribution in [2.45, 2.75) is 26.9 Å². The second kappa shape index (κ2) is 4.85. The van der Waals surface area contributed by atoms with E-state index in [4.69, 9.17) is 10.5 Å². The van der Waals surface area contributed by atoms with Crippen molar-refractivity contribution in [3.8, 4) is 0 Å². The van der Waals surface area contributed by atoms with Crippen LogP contribution in [0.2, 0.25) is 0 Å². The average molecular weight is 326 g/mol. The molecule has 0 saturated carbocycles. The third kappa shape index (κ3) is 3.07. The molecule has 0 spiro atoms. The van der Waals surface area contributed by atoms with Crippen molar-refractivity contribution >= 4 is 33.1 Å². The zero-order valence-corrected chi connectivity index (χ0v) is 12.6. The molecule has 1 aromatic carbocycles. The molecule has 0 saturated heterocycles. The molecule has 3 N–H and O–H groups in total. The molecule has 0 bridgehead atoms. The van der Waals surface area contributed by atoms with Crippen molar-refractivity contribution in [1.82, 2.24) is 9.97 Å². The number of benzene rings is 1. The first-order valence-electron chi connectivity index (χ1n) is 5.88. The Balaban J connectivity index is 2.47. The molecule has 0 radical (unpaired) electrons. The van der Waals surface area contributed by atoms with Gasteiger partial charge >= 0.3 is 6.09 Å². The summed E-state index contributed by atoms with van der Waals surface area (Å²) in [7, 11) is 0. The zero-order valence-electron chi connectivity index (χ0n) is 11.0. The number of H-pyrrole nitrogens is 1. The molecule has 1 aromatic heterocycles. The number of imidazole rings is 1. The lowest BCUT2D eigenvalue weighted by atomic mass is 9.88. The Kier molecular flexibility index (Phi) is 3.54.